The minimum Gasteiger partial charge on any atom is -0.497 e. The van der Waals surface area contributed by atoms with Crippen LogP contribution in [0.15, 0.2) is 18.2 Å². The molecule has 0 atom stereocenters. The van der Waals surface area contributed by atoms with Crippen LogP contribution in [0, 0.1) is 12.9 Å². The van der Waals surface area contributed by atoms with Gasteiger partial charge >= 0.3 is 0 Å². The predicted octanol–water partition coefficient (Wildman–Crippen LogP) is 0.689. The van der Waals surface area contributed by atoms with Crippen LogP contribution in [-0.2, 0) is 6.54 Å². The molecule has 1 aromatic carbocycles. The van der Waals surface area contributed by atoms with Gasteiger partial charge in [0.25, 0.3) is 0 Å². The molecular weight excluding hydrogens is 157 g/mol. The van der Waals surface area contributed by atoms with Gasteiger partial charge in [-0.25, -0.2) is 4.39 Å². The summed E-state index contributed by atoms with van der Waals surface area (Å²) in [6.45, 7) is 0.551. The van der Waals surface area contributed by atoms with Crippen LogP contribution in [0.25, 0.3) is 0 Å². The summed E-state index contributed by atoms with van der Waals surface area (Å²) in [4.78, 5) is 0. The number of hydrogen-bond donors (Lipinski definition) is 1. The molecule has 0 bridgehead atoms. The molecule has 0 saturated heterocycles. The van der Waals surface area contributed by atoms with Gasteiger partial charge in [-0.15, -0.1) is 0 Å². The van der Waals surface area contributed by atoms with E-state index in [0.29, 0.717) is 17.9 Å². The molecule has 12 heavy (non-hydrogen) atoms. The Bertz CT molecular complexity index is 263. The maximum atomic E-state index is 13.1. The van der Waals surface area contributed by atoms with Crippen molar-refractivity contribution >= 4 is 0 Å². The maximum absolute atomic E-state index is 13.1. The fraction of sp³-hybridized carbons (Fsp3) is 0.222. The number of ether oxygens (including phenoxy) is 1. The summed E-state index contributed by atoms with van der Waals surface area (Å²) in [5.41, 5.74) is 0.644. The zero-order valence-corrected chi connectivity index (χ0v) is 7.01. The largest absolute Gasteiger partial charge is 0.497 e. The molecule has 0 amide bonds. The third-order valence-corrected chi connectivity index (χ3v) is 1.62. The minimum absolute atomic E-state index is 0.241. The maximum Gasteiger partial charge on any atom is 0.135 e. The van der Waals surface area contributed by atoms with E-state index in [9.17, 15) is 4.39 Å². The van der Waals surface area contributed by atoms with Crippen molar-refractivity contribution in [2.45, 2.75) is 6.54 Å². The summed E-state index contributed by atoms with van der Waals surface area (Å²) in [6, 6.07) is 4.82. The van der Waals surface area contributed by atoms with Gasteiger partial charge in [-0.2, -0.15) is 7.05 Å². The summed E-state index contributed by atoms with van der Waals surface area (Å²) >= 11 is 0. The molecule has 2 N–H and O–H groups in total. The highest BCUT2D eigenvalue weighted by Gasteiger charge is 2.02. The second kappa shape index (κ2) is 4.07. The highest BCUT2D eigenvalue weighted by atomic mass is 19.1. The topological polar surface area (TPSA) is 25.8 Å². The first-order chi connectivity index (χ1) is 5.77. The van der Waals surface area contributed by atoms with Crippen LogP contribution >= 0.6 is 0 Å². The molecule has 0 aliphatic carbocycles. The molecule has 0 unspecified atom stereocenters. The fourth-order valence-corrected chi connectivity index (χ4v) is 0.976. The lowest BCUT2D eigenvalue weighted by molar-refractivity contribution is -0.612. The van der Waals surface area contributed by atoms with Gasteiger partial charge in [0.1, 0.15) is 11.6 Å². The third-order valence-electron chi connectivity index (χ3n) is 1.62. The third kappa shape index (κ3) is 1.95. The second-order valence-corrected chi connectivity index (χ2v) is 2.45. The van der Waals surface area contributed by atoms with E-state index in [2.05, 4.69) is 7.05 Å². The number of rotatable bonds is 3. The lowest BCUT2D eigenvalue weighted by atomic mass is 10.2. The summed E-state index contributed by atoms with van der Waals surface area (Å²) < 4.78 is 18.0. The number of quaternary nitrogens is 1. The normalized spacial score (nSPS) is 9.92. The van der Waals surface area contributed by atoms with E-state index in [1.807, 2.05) is 0 Å². The molecule has 0 aliphatic heterocycles. The van der Waals surface area contributed by atoms with Crippen molar-refractivity contribution in [2.75, 3.05) is 7.11 Å². The molecule has 0 aromatic heterocycles. The van der Waals surface area contributed by atoms with E-state index in [1.165, 1.54) is 13.2 Å². The standard InChI is InChI=1S/C9H12FNO/c1-11-6-7-3-4-8(12-2)5-9(7)10/h3-5H,1,6,11H2,2H3. The van der Waals surface area contributed by atoms with Crippen molar-refractivity contribution in [1.29, 1.82) is 0 Å². The molecule has 0 saturated carbocycles. The van der Waals surface area contributed by atoms with Crippen LogP contribution in [0.2, 0.25) is 0 Å². The lowest BCUT2D eigenvalue weighted by Crippen LogP contribution is -2.75. The molecule has 66 valence electrons. The first-order valence-corrected chi connectivity index (χ1v) is 3.71. The van der Waals surface area contributed by atoms with E-state index in [1.54, 1.807) is 17.4 Å². The number of hydrogen-bond acceptors (Lipinski definition) is 1. The number of methoxy groups -OCH3 is 1. The molecule has 0 fully saturated rings. The lowest BCUT2D eigenvalue weighted by Gasteiger charge is -2.04. The second-order valence-electron chi connectivity index (χ2n) is 2.45. The van der Waals surface area contributed by atoms with Crippen LogP contribution in [0.5, 0.6) is 5.75 Å². The summed E-state index contributed by atoms with van der Waals surface area (Å²) in [7, 11) is 5.06. The fourth-order valence-electron chi connectivity index (χ4n) is 0.976. The van der Waals surface area contributed by atoms with Gasteiger partial charge in [0.15, 0.2) is 0 Å². The number of benzene rings is 1. The first-order valence-electron chi connectivity index (χ1n) is 3.71. The van der Waals surface area contributed by atoms with E-state index in [4.69, 9.17) is 4.74 Å². The Hall–Kier alpha value is -1.09. The van der Waals surface area contributed by atoms with Crippen molar-refractivity contribution < 1.29 is 14.4 Å². The first kappa shape index (κ1) is 9.00. The van der Waals surface area contributed by atoms with E-state index >= 15 is 0 Å². The van der Waals surface area contributed by atoms with Crippen LogP contribution < -0.4 is 10.1 Å². The molecule has 0 spiro atoms. The quantitative estimate of drug-likeness (QED) is 0.662. The Morgan fingerprint density at radius 2 is 2.33 bits per heavy atom. The van der Waals surface area contributed by atoms with Crippen molar-refractivity contribution in [3.05, 3.63) is 36.6 Å². The van der Waals surface area contributed by atoms with Crippen LogP contribution in [0.4, 0.5) is 4.39 Å². The molecular formula is C9H12FNO. The summed E-state index contributed by atoms with van der Waals surface area (Å²) in [5.74, 6) is 0.301. The zero-order chi connectivity index (χ0) is 8.97. The van der Waals surface area contributed by atoms with Crippen molar-refractivity contribution in [3.8, 4) is 5.75 Å². The van der Waals surface area contributed by atoms with Gasteiger partial charge in [0.05, 0.1) is 13.7 Å². The van der Waals surface area contributed by atoms with Gasteiger partial charge in [0, 0.05) is 11.6 Å². The molecule has 0 radical (unpaired) electrons. The van der Waals surface area contributed by atoms with Gasteiger partial charge < -0.3 is 10.1 Å². The van der Waals surface area contributed by atoms with Crippen molar-refractivity contribution in [3.63, 3.8) is 0 Å². The van der Waals surface area contributed by atoms with Crippen LogP contribution in [-0.4, -0.2) is 7.11 Å². The number of halogens is 1. The van der Waals surface area contributed by atoms with Crippen LogP contribution in [0.1, 0.15) is 5.56 Å². The predicted molar refractivity (Wildman–Crippen MR) is 43.9 cm³/mol. The molecule has 3 heteroatoms. The Kier molecular flexibility index (Phi) is 3.05. The SMILES string of the molecule is [CH2-][NH2+]Cc1ccc(OC)cc1F. The highest BCUT2D eigenvalue weighted by molar-refractivity contribution is 5.28. The minimum atomic E-state index is -0.241. The van der Waals surface area contributed by atoms with E-state index < -0.39 is 0 Å². The van der Waals surface area contributed by atoms with Gasteiger partial charge in [-0.3, -0.25) is 0 Å². The van der Waals surface area contributed by atoms with E-state index in [-0.39, 0.29) is 5.82 Å². The van der Waals surface area contributed by atoms with Crippen LogP contribution in [0.3, 0.4) is 0 Å². The van der Waals surface area contributed by atoms with Gasteiger partial charge in [-0.1, -0.05) is 0 Å². The Morgan fingerprint density at radius 1 is 1.58 bits per heavy atom. The molecule has 0 heterocycles. The summed E-state index contributed by atoms with van der Waals surface area (Å²) in [5, 5.41) is 1.67. The molecule has 2 nitrogen and oxygen atoms in total. The molecule has 0 aliphatic rings. The highest BCUT2D eigenvalue weighted by Crippen LogP contribution is 2.14. The van der Waals surface area contributed by atoms with Crippen molar-refractivity contribution in [2.24, 2.45) is 0 Å². The smallest absolute Gasteiger partial charge is 0.135 e. The number of nitrogens with two attached hydrogens (primary N) is 1. The van der Waals surface area contributed by atoms with Crippen molar-refractivity contribution in [1.82, 2.24) is 0 Å². The molecule has 1 aromatic rings. The zero-order valence-electron chi connectivity index (χ0n) is 7.01. The Labute approximate surface area is 71.4 Å². The Balaban J connectivity index is 2.87. The molecule has 1 rings (SSSR count). The monoisotopic (exact) mass is 169 g/mol. The van der Waals surface area contributed by atoms with E-state index in [0.717, 1.165) is 0 Å². The summed E-state index contributed by atoms with van der Waals surface area (Å²) in [6.07, 6.45) is 0. The average molecular weight is 169 g/mol. The Morgan fingerprint density at radius 3 is 2.83 bits per heavy atom. The van der Waals surface area contributed by atoms with Gasteiger partial charge in [0.2, 0.25) is 0 Å². The average Bonchev–Trinajstić information content (AvgIpc) is 2.09. The van der Waals surface area contributed by atoms with Gasteiger partial charge in [-0.05, 0) is 12.1 Å².